The van der Waals surface area contributed by atoms with Crippen LogP contribution in [0.1, 0.15) is 35.8 Å². The van der Waals surface area contributed by atoms with Crippen molar-refractivity contribution in [2.24, 2.45) is 7.05 Å². The van der Waals surface area contributed by atoms with Crippen molar-refractivity contribution in [1.82, 2.24) is 19.4 Å². The van der Waals surface area contributed by atoms with Crippen LogP contribution in [0.4, 0.5) is 23.0 Å². The van der Waals surface area contributed by atoms with Gasteiger partial charge in [-0.1, -0.05) is 32.6 Å². The highest BCUT2D eigenvalue weighted by atomic mass is 16.5. The first kappa shape index (κ1) is 32.8. The zero-order valence-electron chi connectivity index (χ0n) is 27.1. The number of hydrogen-bond acceptors (Lipinski definition) is 9. The normalized spacial score (nSPS) is 11.2. The van der Waals surface area contributed by atoms with Crippen LogP contribution < -0.4 is 25.0 Å². The Kier molecular flexibility index (Phi) is 9.98. The van der Waals surface area contributed by atoms with E-state index >= 15 is 0 Å². The van der Waals surface area contributed by atoms with Crippen LogP contribution in [0, 0.1) is 0 Å². The molecule has 12 heteroatoms. The van der Waals surface area contributed by atoms with Crippen molar-refractivity contribution >= 4 is 45.8 Å². The number of nitrogens with zero attached hydrogens (tertiary/aromatic N) is 5. The summed E-state index contributed by atoms with van der Waals surface area (Å²) in [5.41, 5.74) is 3.83. The predicted molar refractivity (Wildman–Crippen MR) is 178 cm³/mol. The number of likely N-dealkylation sites (N-methyl/N-ethyl adjacent to an activating group) is 2. The van der Waals surface area contributed by atoms with Crippen molar-refractivity contribution in [3.8, 4) is 22.8 Å². The summed E-state index contributed by atoms with van der Waals surface area (Å²) in [7, 11) is 10.9. The van der Waals surface area contributed by atoms with Gasteiger partial charge in [-0.15, -0.1) is 0 Å². The molecule has 0 aliphatic rings. The molecule has 0 atom stereocenters. The fourth-order valence-corrected chi connectivity index (χ4v) is 5.17. The minimum Gasteiger partial charge on any atom is -0.495 e. The number of rotatable bonds is 13. The van der Waals surface area contributed by atoms with Crippen molar-refractivity contribution in [3.05, 3.63) is 60.4 Å². The molecule has 238 valence electrons. The number of carbonyl (C=O) groups excluding carboxylic acids is 1. The molecule has 0 spiro atoms. The molecular weight excluding hydrogens is 574 g/mol. The molecule has 2 heterocycles. The summed E-state index contributed by atoms with van der Waals surface area (Å²) in [6.07, 6.45) is 3.05. The number of hydrogen-bond donors (Lipinski definition) is 3. The Morgan fingerprint density at radius 3 is 2.38 bits per heavy atom. The van der Waals surface area contributed by atoms with E-state index in [1.807, 2.05) is 82.0 Å². The molecule has 0 bridgehead atoms. The zero-order chi connectivity index (χ0) is 33.0. The van der Waals surface area contributed by atoms with Gasteiger partial charge in [0.15, 0.2) is 0 Å². The van der Waals surface area contributed by atoms with Gasteiger partial charge in [-0.2, -0.15) is 0 Å². The van der Waals surface area contributed by atoms with E-state index in [0.29, 0.717) is 40.7 Å². The van der Waals surface area contributed by atoms with Crippen molar-refractivity contribution in [2.75, 3.05) is 64.0 Å². The highest BCUT2D eigenvalue weighted by Gasteiger charge is 2.27. The molecule has 45 heavy (non-hydrogen) atoms. The third-order valence-corrected chi connectivity index (χ3v) is 7.44. The van der Waals surface area contributed by atoms with Crippen LogP contribution in [0.5, 0.6) is 11.5 Å². The molecule has 4 aromatic rings. The first-order valence-corrected chi connectivity index (χ1v) is 14.5. The number of aryl methyl sites for hydroxylation is 1. The van der Waals surface area contributed by atoms with Crippen molar-refractivity contribution < 1.29 is 24.2 Å². The second-order valence-corrected chi connectivity index (χ2v) is 11.2. The monoisotopic (exact) mass is 615 g/mol. The Bertz CT molecular complexity index is 1750. The van der Waals surface area contributed by atoms with E-state index < -0.39 is 5.97 Å². The second kappa shape index (κ2) is 13.7. The molecule has 4 rings (SSSR count). The summed E-state index contributed by atoms with van der Waals surface area (Å²) in [4.78, 5) is 38.7. The molecule has 1 amide bonds. The predicted octanol–water partition coefficient (Wildman–Crippen LogP) is 5.34. The lowest BCUT2D eigenvalue weighted by atomic mass is 9.98. The van der Waals surface area contributed by atoms with E-state index in [1.54, 1.807) is 20.3 Å². The number of benzene rings is 2. The van der Waals surface area contributed by atoms with Gasteiger partial charge in [0.1, 0.15) is 17.1 Å². The number of aromatic nitrogens is 3. The van der Waals surface area contributed by atoms with E-state index in [9.17, 15) is 14.7 Å². The lowest BCUT2D eigenvalue weighted by Gasteiger charge is -2.26. The molecule has 2 aromatic carbocycles. The molecule has 0 saturated heterocycles. The third kappa shape index (κ3) is 6.86. The quantitative estimate of drug-likeness (QED) is 0.169. The number of amides is 1. The van der Waals surface area contributed by atoms with Gasteiger partial charge in [-0.05, 0) is 38.2 Å². The molecular formula is C33H41N7O5. The Hall–Kier alpha value is -5.10. The molecule has 0 saturated carbocycles. The molecule has 3 N–H and O–H groups in total. The first-order valence-electron chi connectivity index (χ1n) is 14.5. The highest BCUT2D eigenvalue weighted by Crippen LogP contribution is 2.40. The number of aromatic carboxylic acids is 1. The van der Waals surface area contributed by atoms with E-state index in [2.05, 4.69) is 27.1 Å². The number of carbonyl (C=O) groups is 2. The van der Waals surface area contributed by atoms with Gasteiger partial charge in [0.05, 0.1) is 48.2 Å². The minimum atomic E-state index is -1.13. The Labute approximate surface area is 263 Å². The molecule has 0 fully saturated rings. The van der Waals surface area contributed by atoms with Crippen LogP contribution in [0.25, 0.3) is 22.2 Å². The van der Waals surface area contributed by atoms with Gasteiger partial charge in [-0.25, -0.2) is 14.8 Å². The average Bonchev–Trinajstić information content (AvgIpc) is 3.35. The van der Waals surface area contributed by atoms with Crippen LogP contribution in [0.3, 0.4) is 0 Å². The van der Waals surface area contributed by atoms with Crippen LogP contribution in [-0.4, -0.2) is 84.9 Å². The third-order valence-electron chi connectivity index (χ3n) is 7.44. The maximum atomic E-state index is 12.7. The number of carboxylic acid groups (broad SMARTS) is 1. The molecule has 0 radical (unpaired) electrons. The second-order valence-electron chi connectivity index (χ2n) is 11.2. The number of ether oxygens (including phenoxy) is 2. The molecule has 12 nitrogen and oxygen atoms in total. The largest absolute Gasteiger partial charge is 0.495 e. The van der Waals surface area contributed by atoms with Gasteiger partial charge in [0, 0.05) is 50.4 Å². The van der Waals surface area contributed by atoms with Crippen molar-refractivity contribution in [1.29, 1.82) is 0 Å². The van der Waals surface area contributed by atoms with Crippen LogP contribution in [0.2, 0.25) is 0 Å². The van der Waals surface area contributed by atoms with E-state index in [-0.39, 0.29) is 29.0 Å². The summed E-state index contributed by atoms with van der Waals surface area (Å²) in [6.45, 7) is 8.84. The summed E-state index contributed by atoms with van der Waals surface area (Å²) < 4.78 is 13.2. The summed E-state index contributed by atoms with van der Waals surface area (Å²) in [5, 5.41) is 17.3. The van der Waals surface area contributed by atoms with Crippen molar-refractivity contribution in [2.45, 2.75) is 19.8 Å². The first-order chi connectivity index (χ1) is 21.4. The summed E-state index contributed by atoms with van der Waals surface area (Å²) >= 11 is 0. The van der Waals surface area contributed by atoms with E-state index in [4.69, 9.17) is 14.5 Å². The maximum Gasteiger partial charge on any atom is 0.339 e. The number of anilines is 4. The standard InChI is InChI=1S/C33H41N7O5/c1-10-27(41)34-22-16-23(26(45-9)17-24(22)39(6)15-14-38(4)5)35-33-36-29(19(2)3)28(32(42)43)30(37-33)21-18-40(7)31-20(21)12-11-13-25(31)44-8/h10-13,16-19H,1,14-15H2,2-9H3,(H,34,41)(H,42,43)(H,35,36,37). The molecule has 0 aliphatic carbocycles. The number of methoxy groups -OCH3 is 2. The van der Waals surface area contributed by atoms with Gasteiger partial charge in [0.2, 0.25) is 11.9 Å². The fraction of sp³-hybridized carbons (Fsp3) is 0.333. The molecule has 2 aromatic heterocycles. The lowest BCUT2D eigenvalue weighted by molar-refractivity contribution is -0.111. The van der Waals surface area contributed by atoms with Crippen LogP contribution in [0.15, 0.2) is 49.2 Å². The molecule has 0 unspecified atom stereocenters. The Morgan fingerprint density at radius 2 is 1.78 bits per heavy atom. The Morgan fingerprint density at radius 1 is 1.07 bits per heavy atom. The average molecular weight is 616 g/mol. The number of carboxylic acids is 1. The smallest absolute Gasteiger partial charge is 0.339 e. The topological polar surface area (TPSA) is 134 Å². The van der Waals surface area contributed by atoms with Gasteiger partial charge in [-0.3, -0.25) is 4.79 Å². The zero-order valence-corrected chi connectivity index (χ0v) is 27.1. The molecule has 0 aliphatic heterocycles. The van der Waals surface area contributed by atoms with Crippen LogP contribution >= 0.6 is 0 Å². The maximum absolute atomic E-state index is 12.7. The number of fused-ring (bicyclic) bond motifs is 1. The SMILES string of the molecule is C=CC(=O)Nc1cc(Nc2nc(-c3cn(C)c4c(OC)cccc34)c(C(=O)O)c(C(C)C)n2)c(OC)cc1N(C)CCN(C)C. The van der Waals surface area contributed by atoms with E-state index in [1.165, 1.54) is 6.08 Å². The van der Waals surface area contributed by atoms with Gasteiger partial charge >= 0.3 is 5.97 Å². The number of para-hydroxylation sites is 1. The minimum absolute atomic E-state index is 0.0228. The van der Waals surface area contributed by atoms with E-state index in [0.717, 1.165) is 23.1 Å². The van der Waals surface area contributed by atoms with Crippen LogP contribution in [-0.2, 0) is 11.8 Å². The lowest BCUT2D eigenvalue weighted by Crippen LogP contribution is -2.29. The fourth-order valence-electron chi connectivity index (χ4n) is 5.17. The highest BCUT2D eigenvalue weighted by molar-refractivity contribution is 6.05. The Balaban J connectivity index is 1.92. The van der Waals surface area contributed by atoms with Gasteiger partial charge < -0.3 is 39.6 Å². The summed E-state index contributed by atoms with van der Waals surface area (Å²) in [5.74, 6) is -0.425. The van der Waals surface area contributed by atoms with Gasteiger partial charge in [0.25, 0.3) is 0 Å². The summed E-state index contributed by atoms with van der Waals surface area (Å²) in [6, 6.07) is 9.19. The van der Waals surface area contributed by atoms with Crippen molar-refractivity contribution in [3.63, 3.8) is 0 Å². The number of nitrogens with one attached hydrogen (secondary N) is 2.